The third-order valence-corrected chi connectivity index (χ3v) is 5.63. The van der Waals surface area contributed by atoms with Crippen molar-refractivity contribution in [1.29, 1.82) is 0 Å². The summed E-state index contributed by atoms with van der Waals surface area (Å²) >= 11 is 0. The van der Waals surface area contributed by atoms with Crippen LogP contribution in [0.1, 0.15) is 37.0 Å². The summed E-state index contributed by atoms with van der Waals surface area (Å²) in [6, 6.07) is 7.32. The normalized spacial score (nSPS) is 17.9. The van der Waals surface area contributed by atoms with Crippen molar-refractivity contribution in [2.24, 2.45) is 0 Å². The minimum Gasteiger partial charge on any atom is -0.342 e. The third-order valence-electron chi connectivity index (χ3n) is 5.63. The van der Waals surface area contributed by atoms with Gasteiger partial charge in [-0.3, -0.25) is 19.3 Å². The molecule has 0 bridgehead atoms. The highest BCUT2D eigenvalue weighted by molar-refractivity contribution is 5.97. The first kappa shape index (κ1) is 20.3. The molecule has 1 aromatic rings. The van der Waals surface area contributed by atoms with E-state index in [9.17, 15) is 14.4 Å². The lowest BCUT2D eigenvalue weighted by Crippen LogP contribution is -2.51. The molecule has 28 heavy (non-hydrogen) atoms. The number of piperazine rings is 1. The summed E-state index contributed by atoms with van der Waals surface area (Å²) in [7, 11) is 0. The molecule has 0 radical (unpaired) electrons. The molecule has 0 atom stereocenters. The molecule has 0 saturated carbocycles. The zero-order valence-electron chi connectivity index (χ0n) is 16.9. The molecule has 2 aliphatic rings. The maximum Gasteiger partial charge on any atom is 0.253 e. The van der Waals surface area contributed by atoms with Gasteiger partial charge in [0.05, 0.1) is 6.54 Å². The second-order valence-electron chi connectivity index (χ2n) is 7.33. The van der Waals surface area contributed by atoms with Crippen LogP contribution in [-0.2, 0) is 9.59 Å². The van der Waals surface area contributed by atoms with Gasteiger partial charge >= 0.3 is 0 Å². The van der Waals surface area contributed by atoms with Gasteiger partial charge < -0.3 is 14.7 Å². The van der Waals surface area contributed by atoms with Gasteiger partial charge in [-0.25, -0.2) is 0 Å². The maximum atomic E-state index is 12.8. The molecule has 7 nitrogen and oxygen atoms in total. The number of carbonyl (C=O) groups is 3. The van der Waals surface area contributed by atoms with Crippen molar-refractivity contribution < 1.29 is 14.4 Å². The van der Waals surface area contributed by atoms with Crippen molar-refractivity contribution >= 4 is 23.4 Å². The van der Waals surface area contributed by atoms with Gasteiger partial charge in [-0.2, -0.15) is 0 Å². The smallest absolute Gasteiger partial charge is 0.253 e. The lowest BCUT2D eigenvalue weighted by Gasteiger charge is -2.35. The van der Waals surface area contributed by atoms with Crippen LogP contribution in [0.5, 0.6) is 0 Å². The molecule has 0 aromatic heterocycles. The van der Waals surface area contributed by atoms with Crippen LogP contribution in [0.2, 0.25) is 0 Å². The molecule has 0 spiro atoms. The number of likely N-dealkylation sites (N-methyl/N-ethyl adjacent to an activating group) is 1. The number of hydrogen-bond acceptors (Lipinski definition) is 4. The Bertz CT molecular complexity index is 707. The predicted molar refractivity (Wildman–Crippen MR) is 108 cm³/mol. The topological polar surface area (TPSA) is 64.2 Å². The van der Waals surface area contributed by atoms with E-state index in [1.165, 1.54) is 0 Å². The van der Waals surface area contributed by atoms with Crippen molar-refractivity contribution in [2.45, 2.75) is 26.7 Å². The van der Waals surface area contributed by atoms with E-state index in [1.807, 2.05) is 35.8 Å². The number of amides is 3. The monoisotopic (exact) mass is 386 g/mol. The van der Waals surface area contributed by atoms with Gasteiger partial charge in [0, 0.05) is 63.5 Å². The lowest BCUT2D eigenvalue weighted by atomic mass is 10.1. The fourth-order valence-electron chi connectivity index (χ4n) is 3.86. The summed E-state index contributed by atoms with van der Waals surface area (Å²) in [6.07, 6.45) is 1.49. The number of anilines is 1. The highest BCUT2D eigenvalue weighted by Gasteiger charge is 2.25. The molecule has 3 rings (SSSR count). The summed E-state index contributed by atoms with van der Waals surface area (Å²) in [5.74, 6) is 0.306. The summed E-state index contributed by atoms with van der Waals surface area (Å²) in [5.41, 5.74) is 1.50. The highest BCUT2D eigenvalue weighted by Crippen LogP contribution is 2.22. The van der Waals surface area contributed by atoms with E-state index in [2.05, 4.69) is 4.90 Å². The van der Waals surface area contributed by atoms with Crippen molar-refractivity contribution in [3.63, 3.8) is 0 Å². The SMILES string of the molecule is CCN(CC)C(=O)CN1CCN(C(=O)c2ccc(N3CCCC3=O)cc2)CC1. The Morgan fingerprint density at radius 2 is 1.61 bits per heavy atom. The Morgan fingerprint density at radius 1 is 0.964 bits per heavy atom. The van der Waals surface area contributed by atoms with Crippen LogP contribution in [0.25, 0.3) is 0 Å². The van der Waals surface area contributed by atoms with Crippen LogP contribution in [0.4, 0.5) is 5.69 Å². The van der Waals surface area contributed by atoms with E-state index in [0.717, 1.165) is 31.7 Å². The Morgan fingerprint density at radius 3 is 2.14 bits per heavy atom. The van der Waals surface area contributed by atoms with Gasteiger partial charge in [0.15, 0.2) is 0 Å². The molecule has 2 saturated heterocycles. The average Bonchev–Trinajstić information content (AvgIpc) is 3.15. The molecule has 1 aromatic carbocycles. The van der Waals surface area contributed by atoms with E-state index in [1.54, 1.807) is 17.0 Å². The molecular weight excluding hydrogens is 356 g/mol. The molecular formula is C21H30N4O3. The van der Waals surface area contributed by atoms with E-state index in [0.29, 0.717) is 44.7 Å². The summed E-state index contributed by atoms with van der Waals surface area (Å²) in [6.45, 7) is 9.26. The Kier molecular flexibility index (Phi) is 6.67. The van der Waals surface area contributed by atoms with Crippen LogP contribution < -0.4 is 4.90 Å². The van der Waals surface area contributed by atoms with Crippen molar-refractivity contribution in [1.82, 2.24) is 14.7 Å². The fraction of sp³-hybridized carbons (Fsp3) is 0.571. The van der Waals surface area contributed by atoms with Crippen LogP contribution in [0.3, 0.4) is 0 Å². The number of nitrogens with zero attached hydrogens (tertiary/aromatic N) is 4. The molecule has 0 N–H and O–H groups in total. The standard InChI is InChI=1S/C21H30N4O3/c1-3-23(4-2)20(27)16-22-12-14-24(15-13-22)21(28)17-7-9-18(10-8-17)25-11-5-6-19(25)26/h7-10H,3-6,11-16H2,1-2H3. The second-order valence-corrected chi connectivity index (χ2v) is 7.33. The van der Waals surface area contributed by atoms with Crippen LogP contribution in [0, 0.1) is 0 Å². The van der Waals surface area contributed by atoms with Crippen LogP contribution >= 0.6 is 0 Å². The molecule has 3 amide bonds. The van der Waals surface area contributed by atoms with Gasteiger partial charge in [-0.1, -0.05) is 0 Å². The van der Waals surface area contributed by atoms with E-state index < -0.39 is 0 Å². The summed E-state index contributed by atoms with van der Waals surface area (Å²) < 4.78 is 0. The largest absolute Gasteiger partial charge is 0.342 e. The van der Waals surface area contributed by atoms with Gasteiger partial charge in [0.2, 0.25) is 11.8 Å². The van der Waals surface area contributed by atoms with Gasteiger partial charge in [0.1, 0.15) is 0 Å². The third kappa shape index (κ3) is 4.52. The number of hydrogen-bond donors (Lipinski definition) is 0. The zero-order chi connectivity index (χ0) is 20.1. The first-order valence-electron chi connectivity index (χ1n) is 10.2. The predicted octanol–water partition coefficient (Wildman–Crippen LogP) is 1.44. The first-order chi connectivity index (χ1) is 13.5. The maximum absolute atomic E-state index is 12.8. The van der Waals surface area contributed by atoms with Crippen LogP contribution in [-0.4, -0.2) is 84.8 Å². The minimum atomic E-state index is 0.00835. The van der Waals surface area contributed by atoms with Crippen molar-refractivity contribution in [3.05, 3.63) is 29.8 Å². The lowest BCUT2D eigenvalue weighted by molar-refractivity contribution is -0.132. The van der Waals surface area contributed by atoms with Gasteiger partial charge in [0.25, 0.3) is 5.91 Å². The van der Waals surface area contributed by atoms with Crippen molar-refractivity contribution in [3.8, 4) is 0 Å². The minimum absolute atomic E-state index is 0.00835. The second kappa shape index (κ2) is 9.19. The van der Waals surface area contributed by atoms with Crippen molar-refractivity contribution in [2.75, 3.05) is 57.3 Å². The Labute approximate surface area is 166 Å². The Balaban J connectivity index is 1.52. The zero-order valence-corrected chi connectivity index (χ0v) is 16.9. The van der Waals surface area contributed by atoms with E-state index in [-0.39, 0.29) is 17.7 Å². The van der Waals surface area contributed by atoms with E-state index in [4.69, 9.17) is 0 Å². The summed E-state index contributed by atoms with van der Waals surface area (Å²) in [4.78, 5) is 44.5. The molecule has 0 unspecified atom stereocenters. The quantitative estimate of drug-likeness (QED) is 0.742. The van der Waals surface area contributed by atoms with E-state index >= 15 is 0 Å². The average molecular weight is 386 g/mol. The highest BCUT2D eigenvalue weighted by atomic mass is 16.2. The first-order valence-corrected chi connectivity index (χ1v) is 10.2. The molecule has 0 aliphatic carbocycles. The molecule has 2 heterocycles. The molecule has 2 fully saturated rings. The molecule has 7 heteroatoms. The number of rotatable bonds is 6. The molecule has 152 valence electrons. The Hall–Kier alpha value is -2.41. The van der Waals surface area contributed by atoms with Gasteiger partial charge in [-0.15, -0.1) is 0 Å². The number of benzene rings is 1. The molecule has 2 aliphatic heterocycles. The summed E-state index contributed by atoms with van der Waals surface area (Å²) in [5, 5.41) is 0. The van der Waals surface area contributed by atoms with Crippen LogP contribution in [0.15, 0.2) is 24.3 Å². The van der Waals surface area contributed by atoms with Gasteiger partial charge in [-0.05, 0) is 44.5 Å². The number of carbonyl (C=O) groups excluding carboxylic acids is 3. The fourth-order valence-corrected chi connectivity index (χ4v) is 3.86.